The molecule has 0 fully saturated rings. The molecule has 104 valence electrons. The third-order valence-corrected chi connectivity index (χ3v) is 5.09. The Balaban J connectivity index is 2.69. The number of hydrogen-bond donors (Lipinski definition) is 0. The SMILES string of the molecule is CCC(CC)(CBr)CN(C)Cc1cccc(C#N)c1. The van der Waals surface area contributed by atoms with Crippen molar-refractivity contribution < 1.29 is 0 Å². The van der Waals surface area contributed by atoms with Gasteiger partial charge in [0, 0.05) is 18.4 Å². The van der Waals surface area contributed by atoms with Crippen LogP contribution >= 0.6 is 15.9 Å². The van der Waals surface area contributed by atoms with E-state index in [1.807, 2.05) is 18.2 Å². The lowest BCUT2D eigenvalue weighted by Crippen LogP contribution is -2.36. The lowest BCUT2D eigenvalue weighted by Gasteiger charge is -2.34. The van der Waals surface area contributed by atoms with E-state index in [-0.39, 0.29) is 0 Å². The normalized spacial score (nSPS) is 11.6. The van der Waals surface area contributed by atoms with Crippen LogP contribution in [0.5, 0.6) is 0 Å². The molecule has 0 spiro atoms. The zero-order valence-corrected chi connectivity index (χ0v) is 13.7. The van der Waals surface area contributed by atoms with E-state index in [1.165, 1.54) is 18.4 Å². The molecule has 0 unspecified atom stereocenters. The molecule has 0 atom stereocenters. The van der Waals surface area contributed by atoms with Crippen LogP contribution in [0.2, 0.25) is 0 Å². The Kier molecular flexibility index (Phi) is 6.54. The molecular formula is C16H23BrN2. The van der Waals surface area contributed by atoms with Crippen LogP contribution < -0.4 is 0 Å². The van der Waals surface area contributed by atoms with Crippen molar-refractivity contribution in [2.45, 2.75) is 33.2 Å². The minimum absolute atomic E-state index is 0.349. The van der Waals surface area contributed by atoms with Crippen molar-refractivity contribution in [3.05, 3.63) is 35.4 Å². The first-order valence-electron chi connectivity index (χ1n) is 6.82. The van der Waals surface area contributed by atoms with Crippen LogP contribution in [0.15, 0.2) is 24.3 Å². The Bertz CT molecular complexity index is 424. The second kappa shape index (κ2) is 7.67. The smallest absolute Gasteiger partial charge is 0.0991 e. The fourth-order valence-electron chi connectivity index (χ4n) is 2.38. The molecule has 1 aromatic rings. The standard InChI is InChI=1S/C16H23BrN2/c1-4-16(5-2,12-17)13-19(3)11-15-8-6-7-14(9-15)10-18/h6-9H,4-5,11-13H2,1-3H3. The summed E-state index contributed by atoms with van der Waals surface area (Å²) in [7, 11) is 2.15. The molecule has 0 saturated carbocycles. The van der Waals surface area contributed by atoms with Crippen LogP contribution in [-0.2, 0) is 6.54 Å². The molecule has 0 aliphatic rings. The number of nitriles is 1. The van der Waals surface area contributed by atoms with Crippen LogP contribution in [0, 0.1) is 16.7 Å². The van der Waals surface area contributed by atoms with E-state index in [0.717, 1.165) is 24.0 Å². The molecule has 0 saturated heterocycles. The van der Waals surface area contributed by atoms with Crippen molar-refractivity contribution in [2.75, 3.05) is 18.9 Å². The predicted molar refractivity (Wildman–Crippen MR) is 84.3 cm³/mol. The van der Waals surface area contributed by atoms with E-state index >= 15 is 0 Å². The summed E-state index contributed by atoms with van der Waals surface area (Å²) in [6.45, 7) is 6.48. The summed E-state index contributed by atoms with van der Waals surface area (Å²) in [5.74, 6) is 0. The first kappa shape index (κ1) is 16.2. The van der Waals surface area contributed by atoms with Gasteiger partial charge >= 0.3 is 0 Å². The Morgan fingerprint density at radius 3 is 2.53 bits per heavy atom. The van der Waals surface area contributed by atoms with Gasteiger partial charge in [-0.1, -0.05) is 41.9 Å². The predicted octanol–water partition coefficient (Wildman–Crippen LogP) is 4.19. The minimum Gasteiger partial charge on any atom is -0.302 e. The van der Waals surface area contributed by atoms with Crippen LogP contribution in [-0.4, -0.2) is 23.8 Å². The number of hydrogen-bond acceptors (Lipinski definition) is 2. The second-order valence-corrected chi connectivity index (χ2v) is 5.89. The summed E-state index contributed by atoms with van der Waals surface area (Å²) in [5.41, 5.74) is 2.29. The lowest BCUT2D eigenvalue weighted by molar-refractivity contribution is 0.180. The summed E-state index contributed by atoms with van der Waals surface area (Å²) in [6, 6.07) is 10.1. The highest BCUT2D eigenvalue weighted by Gasteiger charge is 2.26. The van der Waals surface area contributed by atoms with Gasteiger partial charge in [-0.2, -0.15) is 5.26 Å². The molecule has 19 heavy (non-hydrogen) atoms. The van der Waals surface area contributed by atoms with E-state index < -0.39 is 0 Å². The number of nitrogens with zero attached hydrogens (tertiary/aromatic N) is 2. The molecule has 0 heterocycles. The van der Waals surface area contributed by atoms with Crippen molar-refractivity contribution >= 4 is 15.9 Å². The largest absolute Gasteiger partial charge is 0.302 e. The van der Waals surface area contributed by atoms with Gasteiger partial charge in [0.25, 0.3) is 0 Å². The molecule has 0 aliphatic heterocycles. The first-order chi connectivity index (χ1) is 9.09. The molecule has 0 bridgehead atoms. The lowest BCUT2D eigenvalue weighted by atomic mass is 9.84. The van der Waals surface area contributed by atoms with Crippen molar-refractivity contribution in [1.29, 1.82) is 5.26 Å². The van der Waals surface area contributed by atoms with Crippen molar-refractivity contribution in [2.24, 2.45) is 5.41 Å². The topological polar surface area (TPSA) is 27.0 Å². The molecule has 3 heteroatoms. The zero-order valence-electron chi connectivity index (χ0n) is 12.1. The van der Waals surface area contributed by atoms with Gasteiger partial charge in [-0.25, -0.2) is 0 Å². The van der Waals surface area contributed by atoms with Crippen LogP contribution in [0.1, 0.15) is 37.8 Å². The Hall–Kier alpha value is -0.850. The van der Waals surface area contributed by atoms with E-state index in [4.69, 9.17) is 5.26 Å². The summed E-state index contributed by atoms with van der Waals surface area (Å²) in [6.07, 6.45) is 2.36. The van der Waals surface area contributed by atoms with Crippen molar-refractivity contribution in [3.63, 3.8) is 0 Å². The monoisotopic (exact) mass is 322 g/mol. The maximum Gasteiger partial charge on any atom is 0.0991 e. The number of alkyl halides is 1. The Labute approximate surface area is 125 Å². The van der Waals surface area contributed by atoms with Gasteiger partial charge in [0.15, 0.2) is 0 Å². The highest BCUT2D eigenvalue weighted by Crippen LogP contribution is 2.30. The Morgan fingerprint density at radius 2 is 2.00 bits per heavy atom. The summed E-state index contributed by atoms with van der Waals surface area (Å²) >= 11 is 3.66. The van der Waals surface area contributed by atoms with E-state index in [2.05, 4.69) is 53.9 Å². The summed E-state index contributed by atoms with van der Waals surface area (Å²) in [4.78, 5) is 2.35. The summed E-state index contributed by atoms with van der Waals surface area (Å²) in [5, 5.41) is 9.96. The second-order valence-electron chi connectivity index (χ2n) is 5.33. The van der Waals surface area contributed by atoms with Gasteiger partial charge in [-0.15, -0.1) is 0 Å². The van der Waals surface area contributed by atoms with Crippen molar-refractivity contribution in [3.8, 4) is 6.07 Å². The highest BCUT2D eigenvalue weighted by molar-refractivity contribution is 9.09. The average molecular weight is 323 g/mol. The molecule has 1 rings (SSSR count). The van der Waals surface area contributed by atoms with Crippen molar-refractivity contribution in [1.82, 2.24) is 4.90 Å². The average Bonchev–Trinajstić information content (AvgIpc) is 2.45. The quantitative estimate of drug-likeness (QED) is 0.704. The number of benzene rings is 1. The fraction of sp³-hybridized carbons (Fsp3) is 0.562. The van der Waals surface area contributed by atoms with Crippen LogP contribution in [0.25, 0.3) is 0 Å². The van der Waals surface area contributed by atoms with Gasteiger partial charge in [0.1, 0.15) is 0 Å². The molecular weight excluding hydrogens is 300 g/mol. The maximum absolute atomic E-state index is 8.93. The molecule has 0 N–H and O–H groups in total. The Morgan fingerprint density at radius 1 is 1.32 bits per heavy atom. The molecule has 0 aliphatic carbocycles. The van der Waals surface area contributed by atoms with Crippen LogP contribution in [0.4, 0.5) is 0 Å². The molecule has 2 nitrogen and oxygen atoms in total. The van der Waals surface area contributed by atoms with E-state index in [1.54, 1.807) is 0 Å². The van der Waals surface area contributed by atoms with E-state index in [0.29, 0.717) is 5.41 Å². The fourth-order valence-corrected chi connectivity index (χ4v) is 3.35. The van der Waals surface area contributed by atoms with Gasteiger partial charge in [-0.05, 0) is 43.0 Å². The van der Waals surface area contributed by atoms with Gasteiger partial charge in [0.05, 0.1) is 11.6 Å². The number of rotatable bonds is 7. The van der Waals surface area contributed by atoms with E-state index in [9.17, 15) is 0 Å². The molecule has 0 amide bonds. The minimum atomic E-state index is 0.349. The van der Waals surface area contributed by atoms with Gasteiger partial charge in [0.2, 0.25) is 0 Å². The maximum atomic E-state index is 8.93. The molecule has 0 aromatic heterocycles. The third kappa shape index (κ3) is 4.63. The summed E-state index contributed by atoms with van der Waals surface area (Å²) < 4.78 is 0. The molecule has 0 radical (unpaired) electrons. The van der Waals surface area contributed by atoms with Crippen LogP contribution in [0.3, 0.4) is 0 Å². The first-order valence-corrected chi connectivity index (χ1v) is 7.95. The molecule has 1 aromatic carbocycles. The number of halogens is 1. The highest BCUT2D eigenvalue weighted by atomic mass is 79.9. The third-order valence-electron chi connectivity index (χ3n) is 3.90. The zero-order chi connectivity index (χ0) is 14.3. The van der Waals surface area contributed by atoms with Gasteiger partial charge in [-0.3, -0.25) is 0 Å². The van der Waals surface area contributed by atoms with Gasteiger partial charge < -0.3 is 4.90 Å².